The van der Waals surface area contributed by atoms with Gasteiger partial charge in [-0.05, 0) is 19.9 Å². The average molecular weight is 415 g/mol. The Kier molecular flexibility index (Phi) is 6.75. The summed E-state index contributed by atoms with van der Waals surface area (Å²) in [6, 6.07) is 0.924. The van der Waals surface area contributed by atoms with Crippen molar-refractivity contribution < 1.29 is 42.1 Å². The summed E-state index contributed by atoms with van der Waals surface area (Å²) in [7, 11) is 5.10. The first-order chi connectivity index (χ1) is 13.6. The molecule has 1 aromatic rings. The van der Waals surface area contributed by atoms with Gasteiger partial charge in [-0.25, -0.2) is 18.0 Å². The molecule has 11 heteroatoms. The molecule has 0 radical (unpaired) electrons. The summed E-state index contributed by atoms with van der Waals surface area (Å²) < 4.78 is 55.4. The monoisotopic (exact) mass is 415 g/mol. The minimum atomic E-state index is -1.31. The number of carbonyl (C=O) groups excluding carboxylic acids is 2. The lowest BCUT2D eigenvalue weighted by Crippen LogP contribution is -2.45. The highest BCUT2D eigenvalue weighted by atomic mass is 19.1. The summed E-state index contributed by atoms with van der Waals surface area (Å²) in [5, 5.41) is 14.9. The average Bonchev–Trinajstić information content (AvgIpc) is 2.65. The van der Waals surface area contributed by atoms with E-state index in [2.05, 4.69) is 10.1 Å². The second kappa shape index (κ2) is 8.86. The summed E-state index contributed by atoms with van der Waals surface area (Å²) in [5.74, 6) is -7.56. The standard InChI is InChI=1S/C18H19F3N2O6/c1-23(2)17-12(13(24)14(27-3)15(29-17)18(26)28-4)16(25)22-7-9-10(20)5-8(19)6-11(9)21/h5-6,17,24H,7H2,1-4H3,(H,22,25)/p-1. The Morgan fingerprint density at radius 2 is 1.79 bits per heavy atom. The van der Waals surface area contributed by atoms with Crippen molar-refractivity contribution >= 4 is 11.9 Å². The smallest absolute Gasteiger partial charge is 0.377 e. The highest BCUT2D eigenvalue weighted by Gasteiger charge is 2.36. The predicted octanol–water partition coefficient (Wildman–Crippen LogP) is 0.283. The predicted molar refractivity (Wildman–Crippen MR) is 89.8 cm³/mol. The number of rotatable bonds is 6. The summed E-state index contributed by atoms with van der Waals surface area (Å²) >= 11 is 0. The van der Waals surface area contributed by atoms with Crippen LogP contribution in [0.3, 0.4) is 0 Å². The largest absolute Gasteiger partial charge is 0.869 e. The number of nitrogens with one attached hydrogen (secondary N) is 1. The molecule has 0 aromatic heterocycles. The van der Waals surface area contributed by atoms with Crippen molar-refractivity contribution in [2.45, 2.75) is 12.8 Å². The summed E-state index contributed by atoms with van der Waals surface area (Å²) in [4.78, 5) is 25.8. The lowest BCUT2D eigenvalue weighted by atomic mass is 10.1. The van der Waals surface area contributed by atoms with Crippen molar-refractivity contribution in [3.05, 3.63) is 58.0 Å². The summed E-state index contributed by atoms with van der Waals surface area (Å²) in [6.45, 7) is -0.663. The number of halogens is 3. The summed E-state index contributed by atoms with van der Waals surface area (Å²) in [6.07, 6.45) is -1.31. The second-order valence-corrected chi connectivity index (χ2v) is 6.06. The van der Waals surface area contributed by atoms with Crippen molar-refractivity contribution in [3.8, 4) is 0 Å². The molecule has 1 aliphatic heterocycles. The van der Waals surface area contributed by atoms with E-state index in [9.17, 15) is 27.9 Å². The van der Waals surface area contributed by atoms with Crippen LogP contribution in [0.25, 0.3) is 0 Å². The molecule has 1 aromatic carbocycles. The number of likely N-dealkylation sites (N-methyl/N-ethyl adjacent to an activating group) is 1. The molecule has 1 atom stereocenters. The fourth-order valence-corrected chi connectivity index (χ4v) is 2.56. The van der Waals surface area contributed by atoms with Crippen molar-refractivity contribution in [1.82, 2.24) is 10.2 Å². The zero-order chi connectivity index (χ0) is 21.9. The van der Waals surface area contributed by atoms with Gasteiger partial charge < -0.3 is 24.6 Å². The molecular formula is C18H18F3N2O6-. The molecule has 29 heavy (non-hydrogen) atoms. The molecule has 0 saturated carbocycles. The minimum Gasteiger partial charge on any atom is -0.869 e. The van der Waals surface area contributed by atoms with E-state index in [4.69, 9.17) is 9.47 Å². The highest BCUT2D eigenvalue weighted by molar-refractivity contribution is 5.97. The van der Waals surface area contributed by atoms with Crippen LogP contribution in [0.1, 0.15) is 5.56 Å². The summed E-state index contributed by atoms with van der Waals surface area (Å²) in [5.41, 5.74) is -1.08. The van der Waals surface area contributed by atoms with E-state index in [0.29, 0.717) is 12.1 Å². The number of methoxy groups -OCH3 is 2. The fourth-order valence-electron chi connectivity index (χ4n) is 2.56. The van der Waals surface area contributed by atoms with E-state index >= 15 is 0 Å². The van der Waals surface area contributed by atoms with Crippen LogP contribution < -0.4 is 10.4 Å². The van der Waals surface area contributed by atoms with Gasteiger partial charge >= 0.3 is 5.97 Å². The molecule has 0 aliphatic carbocycles. The first-order valence-electron chi connectivity index (χ1n) is 8.15. The lowest BCUT2D eigenvalue weighted by molar-refractivity contribution is -0.308. The van der Waals surface area contributed by atoms with Gasteiger partial charge in [-0.15, -0.1) is 0 Å². The van der Waals surface area contributed by atoms with Crippen molar-refractivity contribution in [2.75, 3.05) is 28.3 Å². The molecule has 1 aliphatic rings. The third kappa shape index (κ3) is 4.45. The molecule has 1 unspecified atom stereocenters. The van der Waals surface area contributed by atoms with Crippen LogP contribution in [0, 0.1) is 17.5 Å². The zero-order valence-electron chi connectivity index (χ0n) is 16.0. The maximum atomic E-state index is 13.8. The fraction of sp³-hybridized carbons (Fsp3) is 0.333. The van der Waals surface area contributed by atoms with Crippen molar-refractivity contribution in [1.29, 1.82) is 0 Å². The minimum absolute atomic E-state index is 0.462. The zero-order valence-corrected chi connectivity index (χ0v) is 16.0. The topological polar surface area (TPSA) is 100 Å². The van der Waals surface area contributed by atoms with Gasteiger partial charge in [-0.3, -0.25) is 9.69 Å². The first kappa shape index (κ1) is 22.1. The molecule has 2 rings (SSSR count). The van der Waals surface area contributed by atoms with Gasteiger partial charge in [0.1, 0.15) is 17.5 Å². The van der Waals surface area contributed by atoms with Gasteiger partial charge in [0.15, 0.2) is 12.0 Å². The number of ether oxygens (including phenoxy) is 3. The Balaban J connectivity index is 2.40. The van der Waals surface area contributed by atoms with Gasteiger partial charge in [-0.1, -0.05) is 0 Å². The van der Waals surface area contributed by atoms with Gasteiger partial charge in [0.2, 0.25) is 5.76 Å². The molecule has 158 valence electrons. The van der Waals surface area contributed by atoms with E-state index in [1.807, 2.05) is 0 Å². The Morgan fingerprint density at radius 3 is 2.28 bits per heavy atom. The Morgan fingerprint density at radius 1 is 1.21 bits per heavy atom. The number of nitrogens with zero attached hydrogens (tertiary/aromatic N) is 1. The molecule has 1 N–H and O–H groups in total. The third-order valence-electron chi connectivity index (χ3n) is 3.95. The number of amides is 1. The van der Waals surface area contributed by atoms with Crippen molar-refractivity contribution in [2.24, 2.45) is 0 Å². The second-order valence-electron chi connectivity index (χ2n) is 6.06. The van der Waals surface area contributed by atoms with Gasteiger partial charge in [0.25, 0.3) is 5.91 Å². The molecule has 0 fully saturated rings. The SMILES string of the molecule is COC(=O)C1=C(OC)C([O-])=C(C(=O)NCc2c(F)cc(F)cc2F)C(N(C)C)O1. The Labute approximate surface area is 164 Å². The molecule has 1 heterocycles. The quantitative estimate of drug-likeness (QED) is 0.667. The normalized spacial score (nSPS) is 16.6. The van der Waals surface area contributed by atoms with Gasteiger partial charge in [0.05, 0.1) is 19.8 Å². The van der Waals surface area contributed by atoms with Gasteiger partial charge in [-0.2, -0.15) is 0 Å². The Bertz CT molecular complexity index is 875. The molecule has 0 saturated heterocycles. The van der Waals surface area contributed by atoms with Crippen LogP contribution in [0.4, 0.5) is 13.2 Å². The first-order valence-corrected chi connectivity index (χ1v) is 8.15. The van der Waals surface area contributed by atoms with Gasteiger partial charge in [0, 0.05) is 24.2 Å². The number of hydrogen-bond acceptors (Lipinski definition) is 7. The van der Waals surface area contributed by atoms with Crippen LogP contribution in [0.15, 0.2) is 35.0 Å². The van der Waals surface area contributed by atoms with E-state index in [0.717, 1.165) is 14.2 Å². The van der Waals surface area contributed by atoms with E-state index in [1.165, 1.54) is 19.0 Å². The maximum Gasteiger partial charge on any atom is 0.377 e. The third-order valence-corrected chi connectivity index (χ3v) is 3.95. The van der Waals surface area contributed by atoms with Crippen LogP contribution in [0.5, 0.6) is 0 Å². The molecule has 8 nitrogen and oxygen atoms in total. The van der Waals surface area contributed by atoms with E-state index in [1.54, 1.807) is 0 Å². The maximum absolute atomic E-state index is 13.8. The molecular weight excluding hydrogens is 397 g/mol. The molecule has 0 spiro atoms. The van der Waals surface area contributed by atoms with E-state index in [-0.39, 0.29) is 0 Å². The Hall–Kier alpha value is -3.21. The van der Waals surface area contributed by atoms with Crippen LogP contribution in [-0.2, 0) is 30.3 Å². The van der Waals surface area contributed by atoms with Crippen LogP contribution in [-0.4, -0.2) is 51.3 Å². The lowest BCUT2D eigenvalue weighted by Gasteiger charge is -2.35. The number of carbonyl (C=O) groups is 2. The van der Waals surface area contributed by atoms with E-state index < -0.39 is 70.5 Å². The number of esters is 1. The molecule has 1 amide bonds. The van der Waals surface area contributed by atoms with Crippen LogP contribution >= 0.6 is 0 Å². The van der Waals surface area contributed by atoms with Crippen LogP contribution in [0.2, 0.25) is 0 Å². The highest BCUT2D eigenvalue weighted by Crippen LogP contribution is 2.29. The molecule has 0 bridgehead atoms. The number of hydrogen-bond donors (Lipinski definition) is 1. The van der Waals surface area contributed by atoms with Crippen molar-refractivity contribution in [3.63, 3.8) is 0 Å². The number of benzene rings is 1.